The second kappa shape index (κ2) is 6.27. The molecule has 3 heteroatoms. The molecule has 1 amide bonds. The maximum Gasteiger partial charge on any atom is 0.237 e. The molecule has 110 valence electrons. The summed E-state index contributed by atoms with van der Waals surface area (Å²) in [6.07, 6.45) is 3.25. The number of fused-ring (bicyclic) bond motifs is 1. The van der Waals surface area contributed by atoms with Crippen molar-refractivity contribution in [2.75, 3.05) is 6.54 Å². The number of hydrogen-bond acceptors (Lipinski definition) is 2. The number of amides is 1. The average molecular weight is 282 g/mol. The molecule has 2 aromatic carbocycles. The van der Waals surface area contributed by atoms with Gasteiger partial charge in [0, 0.05) is 0 Å². The molecule has 2 aromatic rings. The van der Waals surface area contributed by atoms with Crippen molar-refractivity contribution in [1.29, 1.82) is 0 Å². The van der Waals surface area contributed by atoms with Gasteiger partial charge in [-0.3, -0.25) is 4.79 Å². The second-order valence-electron chi connectivity index (χ2n) is 5.84. The van der Waals surface area contributed by atoms with Crippen LogP contribution in [0.1, 0.15) is 37.8 Å². The van der Waals surface area contributed by atoms with E-state index in [2.05, 4.69) is 41.0 Å². The third kappa shape index (κ3) is 3.24. The minimum atomic E-state index is -0.0262. The molecule has 1 aliphatic heterocycles. The Morgan fingerprint density at radius 1 is 1.19 bits per heavy atom. The van der Waals surface area contributed by atoms with Gasteiger partial charge in [0.1, 0.15) is 0 Å². The van der Waals surface area contributed by atoms with Crippen LogP contribution in [0.15, 0.2) is 42.5 Å². The molecule has 0 bridgehead atoms. The van der Waals surface area contributed by atoms with Crippen LogP contribution in [-0.2, 0) is 4.79 Å². The normalized spacial score (nSPS) is 20.1. The molecule has 0 saturated carbocycles. The van der Waals surface area contributed by atoms with Crippen molar-refractivity contribution < 1.29 is 4.79 Å². The molecular formula is C18H22N2O. The second-order valence-corrected chi connectivity index (χ2v) is 5.84. The highest BCUT2D eigenvalue weighted by atomic mass is 16.2. The Bertz CT molecular complexity index is 632. The van der Waals surface area contributed by atoms with Crippen LogP contribution in [-0.4, -0.2) is 18.5 Å². The van der Waals surface area contributed by atoms with Crippen molar-refractivity contribution in [3.8, 4) is 0 Å². The van der Waals surface area contributed by atoms with Gasteiger partial charge in [0.15, 0.2) is 0 Å². The van der Waals surface area contributed by atoms with Crippen LogP contribution in [0, 0.1) is 0 Å². The first kappa shape index (κ1) is 14.1. The summed E-state index contributed by atoms with van der Waals surface area (Å²) in [5.74, 6) is 0.121. The lowest BCUT2D eigenvalue weighted by molar-refractivity contribution is -0.124. The molecule has 2 N–H and O–H groups in total. The van der Waals surface area contributed by atoms with E-state index >= 15 is 0 Å². The summed E-state index contributed by atoms with van der Waals surface area (Å²) in [6, 6.07) is 14.7. The molecule has 2 atom stereocenters. The van der Waals surface area contributed by atoms with Gasteiger partial charge >= 0.3 is 0 Å². The van der Waals surface area contributed by atoms with Crippen molar-refractivity contribution in [1.82, 2.24) is 10.6 Å². The maximum absolute atomic E-state index is 12.3. The Kier molecular flexibility index (Phi) is 4.20. The number of carbonyl (C=O) groups excluding carboxylic acids is 1. The van der Waals surface area contributed by atoms with E-state index < -0.39 is 0 Å². The van der Waals surface area contributed by atoms with E-state index in [4.69, 9.17) is 0 Å². The first-order chi connectivity index (χ1) is 10.2. The summed E-state index contributed by atoms with van der Waals surface area (Å²) in [5.41, 5.74) is 1.15. The predicted molar refractivity (Wildman–Crippen MR) is 86.1 cm³/mol. The molecule has 0 radical (unpaired) electrons. The lowest BCUT2D eigenvalue weighted by atomic mass is 10.0. The van der Waals surface area contributed by atoms with Crippen molar-refractivity contribution >= 4 is 16.7 Å². The Morgan fingerprint density at radius 2 is 2.00 bits per heavy atom. The zero-order chi connectivity index (χ0) is 14.7. The molecule has 0 aliphatic carbocycles. The highest BCUT2D eigenvalue weighted by Gasteiger charge is 2.21. The highest BCUT2D eigenvalue weighted by Crippen LogP contribution is 2.20. The zero-order valence-electron chi connectivity index (χ0n) is 12.4. The van der Waals surface area contributed by atoms with Crippen LogP contribution in [0.4, 0.5) is 0 Å². The van der Waals surface area contributed by atoms with Gasteiger partial charge in [-0.2, -0.15) is 0 Å². The quantitative estimate of drug-likeness (QED) is 0.908. The van der Waals surface area contributed by atoms with Gasteiger partial charge < -0.3 is 10.6 Å². The van der Waals surface area contributed by atoms with Crippen LogP contribution in [0.3, 0.4) is 0 Å². The van der Waals surface area contributed by atoms with Gasteiger partial charge in [0.2, 0.25) is 5.91 Å². The Labute approximate surface area is 125 Å². The smallest absolute Gasteiger partial charge is 0.237 e. The Hall–Kier alpha value is -1.87. The van der Waals surface area contributed by atoms with E-state index in [1.54, 1.807) is 0 Å². The minimum absolute atomic E-state index is 0.0262. The summed E-state index contributed by atoms with van der Waals surface area (Å²) in [5, 5.41) is 8.87. The fourth-order valence-corrected chi connectivity index (χ4v) is 2.95. The Morgan fingerprint density at radius 3 is 2.76 bits per heavy atom. The van der Waals surface area contributed by atoms with E-state index in [0.717, 1.165) is 24.9 Å². The van der Waals surface area contributed by atoms with Crippen LogP contribution in [0.25, 0.3) is 10.8 Å². The third-order valence-corrected chi connectivity index (χ3v) is 4.26. The van der Waals surface area contributed by atoms with Gasteiger partial charge in [0.05, 0.1) is 12.1 Å². The van der Waals surface area contributed by atoms with Crippen molar-refractivity contribution in [3.63, 3.8) is 0 Å². The summed E-state index contributed by atoms with van der Waals surface area (Å²) in [7, 11) is 0. The molecule has 3 nitrogen and oxygen atoms in total. The minimum Gasteiger partial charge on any atom is -0.348 e. The molecule has 1 aliphatic rings. The fraction of sp³-hybridized carbons (Fsp3) is 0.389. The molecule has 1 saturated heterocycles. The van der Waals surface area contributed by atoms with Crippen molar-refractivity contribution in [3.05, 3.63) is 48.0 Å². The van der Waals surface area contributed by atoms with Crippen molar-refractivity contribution in [2.24, 2.45) is 0 Å². The number of rotatable bonds is 3. The number of hydrogen-bond donors (Lipinski definition) is 2. The number of carbonyl (C=O) groups is 1. The van der Waals surface area contributed by atoms with Crippen LogP contribution in [0.5, 0.6) is 0 Å². The third-order valence-electron chi connectivity index (χ3n) is 4.26. The first-order valence-electron chi connectivity index (χ1n) is 7.76. The van der Waals surface area contributed by atoms with Gasteiger partial charge in [-0.05, 0) is 48.7 Å². The molecule has 1 fully saturated rings. The van der Waals surface area contributed by atoms with Gasteiger partial charge in [-0.25, -0.2) is 0 Å². The fourth-order valence-electron chi connectivity index (χ4n) is 2.95. The van der Waals surface area contributed by atoms with Crippen LogP contribution < -0.4 is 10.6 Å². The summed E-state index contributed by atoms with van der Waals surface area (Å²) in [4.78, 5) is 12.3. The van der Waals surface area contributed by atoms with E-state index in [0.29, 0.717) is 0 Å². The summed E-state index contributed by atoms with van der Waals surface area (Å²) < 4.78 is 0. The SMILES string of the molecule is CC(NC(=O)C1CCCCN1)c1ccc2ccccc2c1. The molecule has 0 aromatic heterocycles. The topological polar surface area (TPSA) is 41.1 Å². The van der Waals surface area contributed by atoms with Crippen LogP contribution in [0.2, 0.25) is 0 Å². The molecule has 1 heterocycles. The van der Waals surface area contributed by atoms with E-state index in [1.165, 1.54) is 17.2 Å². The standard InChI is InChI=1S/C18H22N2O/c1-13(20-18(21)17-8-4-5-11-19-17)15-10-9-14-6-2-3-7-16(14)12-15/h2-3,6-7,9-10,12-13,17,19H,4-5,8,11H2,1H3,(H,20,21). The monoisotopic (exact) mass is 282 g/mol. The van der Waals surface area contributed by atoms with Gasteiger partial charge in [-0.15, -0.1) is 0 Å². The summed E-state index contributed by atoms with van der Waals surface area (Å²) in [6.45, 7) is 2.99. The zero-order valence-corrected chi connectivity index (χ0v) is 12.4. The summed E-state index contributed by atoms with van der Waals surface area (Å²) >= 11 is 0. The van der Waals surface area contributed by atoms with E-state index in [-0.39, 0.29) is 18.0 Å². The van der Waals surface area contributed by atoms with E-state index in [9.17, 15) is 4.79 Å². The lowest BCUT2D eigenvalue weighted by Gasteiger charge is -2.24. The number of benzene rings is 2. The van der Waals surface area contributed by atoms with Gasteiger partial charge in [-0.1, -0.05) is 42.8 Å². The van der Waals surface area contributed by atoms with Crippen LogP contribution >= 0.6 is 0 Å². The molecule has 0 spiro atoms. The number of piperidine rings is 1. The highest BCUT2D eigenvalue weighted by molar-refractivity contribution is 5.84. The molecular weight excluding hydrogens is 260 g/mol. The number of nitrogens with one attached hydrogen (secondary N) is 2. The lowest BCUT2D eigenvalue weighted by Crippen LogP contribution is -2.47. The van der Waals surface area contributed by atoms with E-state index in [1.807, 2.05) is 19.1 Å². The molecule has 21 heavy (non-hydrogen) atoms. The molecule has 2 unspecified atom stereocenters. The van der Waals surface area contributed by atoms with Gasteiger partial charge in [0.25, 0.3) is 0 Å². The maximum atomic E-state index is 12.3. The first-order valence-corrected chi connectivity index (χ1v) is 7.76. The largest absolute Gasteiger partial charge is 0.348 e. The predicted octanol–water partition coefficient (Wildman–Crippen LogP) is 3.16. The Balaban J connectivity index is 1.71. The van der Waals surface area contributed by atoms with Crippen molar-refractivity contribution in [2.45, 2.75) is 38.3 Å². The molecule has 3 rings (SSSR count). The average Bonchev–Trinajstić information content (AvgIpc) is 2.55.